The van der Waals surface area contributed by atoms with Crippen LogP contribution in [0.5, 0.6) is 5.88 Å². The molecule has 0 aliphatic carbocycles. The van der Waals surface area contributed by atoms with Gasteiger partial charge in [0.25, 0.3) is 5.91 Å². The Bertz CT molecular complexity index is 887. The van der Waals surface area contributed by atoms with E-state index in [2.05, 4.69) is 4.98 Å². The van der Waals surface area contributed by atoms with E-state index in [1.165, 1.54) is 0 Å². The van der Waals surface area contributed by atoms with Crippen LogP contribution < -0.4 is 4.74 Å². The van der Waals surface area contributed by atoms with Gasteiger partial charge in [0.2, 0.25) is 5.88 Å². The molecule has 1 N–H and O–H groups in total. The Morgan fingerprint density at radius 1 is 1.13 bits per heavy atom. The number of aliphatic carboxylic acids is 1. The molecule has 1 atom stereocenters. The Morgan fingerprint density at radius 2 is 1.77 bits per heavy atom. The summed E-state index contributed by atoms with van der Waals surface area (Å²) < 4.78 is 43.7. The van der Waals surface area contributed by atoms with E-state index < -0.39 is 12.1 Å². The van der Waals surface area contributed by atoms with Gasteiger partial charge in [0.05, 0.1) is 19.7 Å². The first kappa shape index (κ1) is 22.5. The quantitative estimate of drug-likeness (QED) is 0.792. The molecule has 31 heavy (non-hydrogen) atoms. The van der Waals surface area contributed by atoms with Crippen molar-refractivity contribution in [3.8, 4) is 5.88 Å². The standard InChI is InChI=1S/C19H20N2O3.C2HF3O2/c22-18(15-6-2-1-3-7-15)21-13-19(14-21)12-16(9-11-23-19)24-17-8-4-5-10-20-17;3-2(4,5)1(6)7/h1-8,10,16H,9,11-14H2;(H,6,7). The van der Waals surface area contributed by atoms with Gasteiger partial charge in [-0.05, 0) is 18.2 Å². The predicted molar refractivity (Wildman–Crippen MR) is 103 cm³/mol. The third-order valence-electron chi connectivity index (χ3n) is 4.88. The molecule has 0 saturated carbocycles. The van der Waals surface area contributed by atoms with Crippen LogP contribution in [0.4, 0.5) is 13.2 Å². The number of carbonyl (C=O) groups excluding carboxylic acids is 1. The number of carboxylic acids is 1. The highest BCUT2D eigenvalue weighted by molar-refractivity contribution is 5.94. The Labute approximate surface area is 176 Å². The van der Waals surface area contributed by atoms with Crippen LogP contribution in [0.3, 0.4) is 0 Å². The number of nitrogens with zero attached hydrogens (tertiary/aromatic N) is 2. The summed E-state index contributed by atoms with van der Waals surface area (Å²) in [5.74, 6) is -2.04. The van der Waals surface area contributed by atoms with E-state index in [1.54, 1.807) is 6.20 Å². The second-order valence-corrected chi connectivity index (χ2v) is 7.26. The number of benzene rings is 1. The van der Waals surface area contributed by atoms with Crippen molar-refractivity contribution in [3.63, 3.8) is 0 Å². The molecule has 2 saturated heterocycles. The second kappa shape index (κ2) is 9.34. The molecule has 2 fully saturated rings. The first-order valence-corrected chi connectivity index (χ1v) is 9.55. The lowest BCUT2D eigenvalue weighted by atomic mass is 9.84. The van der Waals surface area contributed by atoms with Gasteiger partial charge in [0, 0.05) is 30.7 Å². The van der Waals surface area contributed by atoms with Gasteiger partial charge < -0.3 is 19.5 Å². The lowest BCUT2D eigenvalue weighted by Crippen LogP contribution is -2.67. The van der Waals surface area contributed by atoms with E-state index in [9.17, 15) is 18.0 Å². The summed E-state index contributed by atoms with van der Waals surface area (Å²) in [7, 11) is 0. The van der Waals surface area contributed by atoms with Crippen LogP contribution in [0.2, 0.25) is 0 Å². The maximum absolute atomic E-state index is 12.5. The number of alkyl halides is 3. The van der Waals surface area contributed by atoms with E-state index in [0.29, 0.717) is 25.6 Å². The number of ether oxygens (including phenoxy) is 2. The molecule has 2 aromatic rings. The minimum atomic E-state index is -5.08. The molecule has 3 heterocycles. The van der Waals surface area contributed by atoms with Gasteiger partial charge in [0.15, 0.2) is 0 Å². The van der Waals surface area contributed by atoms with Crippen molar-refractivity contribution in [1.82, 2.24) is 9.88 Å². The van der Waals surface area contributed by atoms with Gasteiger partial charge >= 0.3 is 12.1 Å². The maximum Gasteiger partial charge on any atom is 0.490 e. The van der Waals surface area contributed by atoms with Gasteiger partial charge in [-0.2, -0.15) is 13.2 Å². The number of hydrogen-bond donors (Lipinski definition) is 1. The van der Waals surface area contributed by atoms with Gasteiger partial charge in [-0.25, -0.2) is 9.78 Å². The second-order valence-electron chi connectivity index (χ2n) is 7.26. The number of likely N-dealkylation sites (tertiary alicyclic amines) is 1. The Hall–Kier alpha value is -3.14. The summed E-state index contributed by atoms with van der Waals surface area (Å²) in [6.45, 7) is 1.91. The van der Waals surface area contributed by atoms with Crippen molar-refractivity contribution in [2.45, 2.75) is 30.7 Å². The smallest absolute Gasteiger partial charge is 0.475 e. The number of pyridine rings is 1. The van der Waals surface area contributed by atoms with Crippen molar-refractivity contribution < 1.29 is 37.3 Å². The summed E-state index contributed by atoms with van der Waals surface area (Å²) in [5, 5.41) is 7.12. The van der Waals surface area contributed by atoms with Crippen LogP contribution in [0.25, 0.3) is 0 Å². The molecule has 4 rings (SSSR count). The number of carbonyl (C=O) groups is 2. The van der Waals surface area contributed by atoms with E-state index in [1.807, 2.05) is 53.4 Å². The molecule has 10 heteroatoms. The lowest BCUT2D eigenvalue weighted by Gasteiger charge is -2.52. The Kier molecular flexibility index (Phi) is 6.79. The maximum atomic E-state index is 12.5. The molecule has 2 aliphatic rings. The molecule has 166 valence electrons. The van der Waals surface area contributed by atoms with Crippen LogP contribution >= 0.6 is 0 Å². The van der Waals surface area contributed by atoms with Crippen LogP contribution in [0, 0.1) is 0 Å². The summed E-state index contributed by atoms with van der Waals surface area (Å²) in [6.07, 6.45) is -1.62. The summed E-state index contributed by atoms with van der Waals surface area (Å²) >= 11 is 0. The van der Waals surface area contributed by atoms with Gasteiger partial charge in [-0.15, -0.1) is 0 Å². The fourth-order valence-electron chi connectivity index (χ4n) is 3.45. The number of hydrogen-bond acceptors (Lipinski definition) is 5. The molecular weight excluding hydrogens is 417 g/mol. The van der Waals surface area contributed by atoms with Gasteiger partial charge in [-0.3, -0.25) is 4.79 Å². The molecule has 1 aromatic carbocycles. The van der Waals surface area contributed by atoms with Gasteiger partial charge in [0.1, 0.15) is 11.7 Å². The van der Waals surface area contributed by atoms with Crippen molar-refractivity contribution >= 4 is 11.9 Å². The Balaban J connectivity index is 0.000000339. The fraction of sp³-hybridized carbons (Fsp3) is 0.381. The zero-order valence-electron chi connectivity index (χ0n) is 16.4. The first-order valence-electron chi connectivity index (χ1n) is 9.55. The topological polar surface area (TPSA) is 89.0 Å². The van der Waals surface area contributed by atoms with E-state index >= 15 is 0 Å². The third kappa shape index (κ3) is 5.94. The number of aromatic nitrogens is 1. The number of rotatable bonds is 3. The average molecular weight is 438 g/mol. The molecule has 0 bridgehead atoms. The molecule has 2 aliphatic heterocycles. The summed E-state index contributed by atoms with van der Waals surface area (Å²) in [6, 6.07) is 15.0. The molecule has 1 aromatic heterocycles. The highest BCUT2D eigenvalue weighted by Crippen LogP contribution is 2.36. The van der Waals surface area contributed by atoms with Crippen LogP contribution in [-0.2, 0) is 9.53 Å². The van der Waals surface area contributed by atoms with Crippen molar-refractivity contribution in [2.75, 3.05) is 19.7 Å². The molecule has 1 unspecified atom stereocenters. The fourth-order valence-corrected chi connectivity index (χ4v) is 3.45. The summed E-state index contributed by atoms with van der Waals surface area (Å²) in [5.41, 5.74) is 0.465. The molecule has 1 spiro atoms. The predicted octanol–water partition coefficient (Wildman–Crippen LogP) is 3.17. The highest BCUT2D eigenvalue weighted by Gasteiger charge is 2.50. The third-order valence-corrected chi connectivity index (χ3v) is 4.88. The van der Waals surface area contributed by atoms with Crippen LogP contribution in [0.1, 0.15) is 23.2 Å². The molecular formula is C21H21F3N2O5. The number of amides is 1. The van der Waals surface area contributed by atoms with Crippen LogP contribution in [-0.4, -0.2) is 64.4 Å². The minimum absolute atomic E-state index is 0.0672. The minimum Gasteiger partial charge on any atom is -0.475 e. The van der Waals surface area contributed by atoms with Crippen molar-refractivity contribution in [3.05, 3.63) is 60.3 Å². The SMILES string of the molecule is O=C(O)C(F)(F)F.O=C(c1ccccc1)N1CC2(CC(Oc3ccccn3)CCO2)C1. The number of carboxylic acid groups (broad SMARTS) is 1. The zero-order chi connectivity index (χ0) is 22.5. The van der Waals surface area contributed by atoms with Crippen molar-refractivity contribution in [1.29, 1.82) is 0 Å². The Morgan fingerprint density at radius 3 is 2.35 bits per heavy atom. The average Bonchev–Trinajstić information content (AvgIpc) is 2.73. The first-order chi connectivity index (χ1) is 14.7. The zero-order valence-corrected chi connectivity index (χ0v) is 16.4. The largest absolute Gasteiger partial charge is 0.490 e. The molecule has 7 nitrogen and oxygen atoms in total. The van der Waals surface area contributed by atoms with E-state index in [-0.39, 0.29) is 17.6 Å². The monoisotopic (exact) mass is 438 g/mol. The lowest BCUT2D eigenvalue weighted by molar-refractivity contribution is -0.192. The van der Waals surface area contributed by atoms with Gasteiger partial charge in [-0.1, -0.05) is 24.3 Å². The highest BCUT2D eigenvalue weighted by atomic mass is 19.4. The van der Waals surface area contributed by atoms with E-state index in [4.69, 9.17) is 19.4 Å². The van der Waals surface area contributed by atoms with Crippen molar-refractivity contribution in [2.24, 2.45) is 0 Å². The van der Waals surface area contributed by atoms with Crippen LogP contribution in [0.15, 0.2) is 54.7 Å². The number of halogens is 3. The molecule has 1 amide bonds. The van der Waals surface area contributed by atoms with E-state index in [0.717, 1.165) is 18.4 Å². The molecule has 0 radical (unpaired) electrons. The summed E-state index contributed by atoms with van der Waals surface area (Å²) in [4.78, 5) is 27.4. The normalized spacial score (nSPS) is 19.6.